The third-order valence-corrected chi connectivity index (χ3v) is 2.66. The minimum Gasteiger partial charge on any atom is -0.504 e. The van der Waals surface area contributed by atoms with Gasteiger partial charge in [0.15, 0.2) is 11.5 Å². The fourth-order valence-corrected chi connectivity index (χ4v) is 1.80. The molecule has 6 heteroatoms. The van der Waals surface area contributed by atoms with Crippen molar-refractivity contribution in [2.75, 3.05) is 7.11 Å². The Morgan fingerprint density at radius 3 is 2.94 bits per heavy atom. The molecular formula is C12H13ClN2O3. The Morgan fingerprint density at radius 2 is 2.28 bits per heavy atom. The molecule has 0 amide bonds. The third kappa shape index (κ3) is 2.94. The second-order valence-electron chi connectivity index (χ2n) is 3.70. The maximum Gasteiger partial charge on any atom is 0.162 e. The van der Waals surface area contributed by atoms with Crippen LogP contribution in [0.4, 0.5) is 0 Å². The molecule has 5 nitrogen and oxygen atoms in total. The molecule has 0 aliphatic heterocycles. The largest absolute Gasteiger partial charge is 0.504 e. The second-order valence-corrected chi connectivity index (χ2v) is 4.13. The van der Waals surface area contributed by atoms with E-state index in [9.17, 15) is 5.11 Å². The van der Waals surface area contributed by atoms with Crippen LogP contribution in [0.1, 0.15) is 11.3 Å². The summed E-state index contributed by atoms with van der Waals surface area (Å²) in [5.41, 5.74) is 0.666. The summed E-state index contributed by atoms with van der Waals surface area (Å²) < 4.78 is 9.97. The second kappa shape index (κ2) is 5.75. The fraction of sp³-hybridized carbons (Fsp3) is 0.250. The number of hydrogen-bond donors (Lipinski definition) is 2. The van der Waals surface area contributed by atoms with Gasteiger partial charge in [0.2, 0.25) is 0 Å². The van der Waals surface area contributed by atoms with E-state index >= 15 is 0 Å². The zero-order valence-electron chi connectivity index (χ0n) is 9.81. The van der Waals surface area contributed by atoms with Crippen LogP contribution < -0.4 is 10.1 Å². The summed E-state index contributed by atoms with van der Waals surface area (Å²) in [4.78, 5) is 0. The summed E-state index contributed by atoms with van der Waals surface area (Å²) in [6.45, 7) is 0.970. The van der Waals surface area contributed by atoms with Gasteiger partial charge in [-0.15, -0.1) is 0 Å². The molecule has 2 N–H and O–H groups in total. The third-order valence-electron chi connectivity index (χ3n) is 2.44. The minimum atomic E-state index is 0.0898. The van der Waals surface area contributed by atoms with Gasteiger partial charge in [0, 0.05) is 29.3 Å². The maximum atomic E-state index is 9.91. The molecule has 1 aromatic heterocycles. The first kappa shape index (κ1) is 12.7. The summed E-state index contributed by atoms with van der Waals surface area (Å²) in [5.74, 6) is 1.18. The number of aromatic hydroxyl groups is 1. The number of benzene rings is 1. The number of phenols is 1. The number of phenolic OH excluding ortho intramolecular Hbond substituents is 1. The van der Waals surface area contributed by atoms with Crippen molar-refractivity contribution in [1.82, 2.24) is 10.5 Å². The van der Waals surface area contributed by atoms with Crippen molar-refractivity contribution < 1.29 is 14.4 Å². The summed E-state index contributed by atoms with van der Waals surface area (Å²) in [6, 6.07) is 5.02. The number of methoxy groups -OCH3 is 1. The predicted molar refractivity (Wildman–Crippen MR) is 66.7 cm³/mol. The number of ether oxygens (including phenoxy) is 1. The molecule has 2 aromatic rings. The molecule has 2 rings (SSSR count). The number of halogens is 1. The number of rotatable bonds is 5. The van der Waals surface area contributed by atoms with Crippen LogP contribution in [0.2, 0.25) is 5.02 Å². The number of aromatic nitrogens is 1. The van der Waals surface area contributed by atoms with Crippen LogP contribution in [-0.4, -0.2) is 17.4 Å². The van der Waals surface area contributed by atoms with E-state index in [1.165, 1.54) is 7.11 Å². The Labute approximate surface area is 109 Å². The highest BCUT2D eigenvalue weighted by atomic mass is 35.5. The topological polar surface area (TPSA) is 67.5 Å². The first-order chi connectivity index (χ1) is 8.70. The molecule has 96 valence electrons. The molecular weight excluding hydrogens is 256 g/mol. The van der Waals surface area contributed by atoms with E-state index in [0.29, 0.717) is 29.4 Å². The molecule has 0 unspecified atom stereocenters. The van der Waals surface area contributed by atoms with Crippen LogP contribution in [0.3, 0.4) is 0 Å². The SMILES string of the molecule is COc1cc(Cl)cc(CNCc2ccno2)c1O. The monoisotopic (exact) mass is 268 g/mol. The summed E-state index contributed by atoms with van der Waals surface area (Å²) >= 11 is 5.93. The summed E-state index contributed by atoms with van der Waals surface area (Å²) in [6.07, 6.45) is 1.58. The summed E-state index contributed by atoms with van der Waals surface area (Å²) in [5, 5.41) is 17.1. The van der Waals surface area contributed by atoms with Crippen LogP contribution in [0.25, 0.3) is 0 Å². The average molecular weight is 269 g/mol. The van der Waals surface area contributed by atoms with E-state index in [1.54, 1.807) is 24.4 Å². The lowest BCUT2D eigenvalue weighted by molar-refractivity contribution is 0.364. The van der Waals surface area contributed by atoms with Crippen LogP contribution in [0.5, 0.6) is 11.5 Å². The quantitative estimate of drug-likeness (QED) is 0.871. The highest BCUT2D eigenvalue weighted by molar-refractivity contribution is 6.30. The van der Waals surface area contributed by atoms with E-state index in [-0.39, 0.29) is 5.75 Å². The first-order valence-electron chi connectivity index (χ1n) is 5.36. The molecule has 0 radical (unpaired) electrons. The van der Waals surface area contributed by atoms with E-state index in [0.717, 1.165) is 5.76 Å². The van der Waals surface area contributed by atoms with Crippen molar-refractivity contribution in [2.24, 2.45) is 0 Å². The number of nitrogens with one attached hydrogen (secondary N) is 1. The van der Waals surface area contributed by atoms with Gasteiger partial charge in [-0.2, -0.15) is 0 Å². The number of nitrogens with zero attached hydrogens (tertiary/aromatic N) is 1. The van der Waals surface area contributed by atoms with Gasteiger partial charge in [-0.1, -0.05) is 16.8 Å². The molecule has 0 aliphatic carbocycles. The van der Waals surface area contributed by atoms with Crippen molar-refractivity contribution >= 4 is 11.6 Å². The van der Waals surface area contributed by atoms with Crippen molar-refractivity contribution in [3.8, 4) is 11.5 Å². The van der Waals surface area contributed by atoms with Crippen molar-refractivity contribution in [3.05, 3.63) is 40.7 Å². The van der Waals surface area contributed by atoms with Gasteiger partial charge >= 0.3 is 0 Å². The lowest BCUT2D eigenvalue weighted by Crippen LogP contribution is -2.12. The summed E-state index contributed by atoms with van der Waals surface area (Å²) in [7, 11) is 1.48. The Balaban J connectivity index is 2.02. The normalized spacial score (nSPS) is 10.6. The van der Waals surface area contributed by atoms with Gasteiger partial charge in [-0.25, -0.2) is 0 Å². The fourth-order valence-electron chi connectivity index (χ4n) is 1.57. The van der Waals surface area contributed by atoms with Gasteiger partial charge in [0.1, 0.15) is 5.76 Å². The Bertz CT molecular complexity index is 514. The molecule has 1 heterocycles. The minimum absolute atomic E-state index is 0.0898. The van der Waals surface area contributed by atoms with E-state index in [2.05, 4.69) is 10.5 Å². The van der Waals surface area contributed by atoms with E-state index in [4.69, 9.17) is 20.9 Å². The molecule has 0 aliphatic rings. The molecule has 0 saturated heterocycles. The van der Waals surface area contributed by atoms with Crippen LogP contribution in [0.15, 0.2) is 28.9 Å². The Kier molecular flexibility index (Phi) is 4.07. The van der Waals surface area contributed by atoms with Crippen LogP contribution in [0, 0.1) is 0 Å². The molecule has 0 atom stereocenters. The Hall–Kier alpha value is -1.72. The molecule has 0 spiro atoms. The smallest absolute Gasteiger partial charge is 0.162 e. The van der Waals surface area contributed by atoms with Gasteiger partial charge in [-0.3, -0.25) is 0 Å². The van der Waals surface area contributed by atoms with Crippen molar-refractivity contribution in [1.29, 1.82) is 0 Å². The number of hydrogen-bond acceptors (Lipinski definition) is 5. The zero-order chi connectivity index (χ0) is 13.0. The molecule has 18 heavy (non-hydrogen) atoms. The molecule has 0 bridgehead atoms. The van der Waals surface area contributed by atoms with E-state index in [1.807, 2.05) is 0 Å². The lowest BCUT2D eigenvalue weighted by Gasteiger charge is -2.10. The lowest BCUT2D eigenvalue weighted by atomic mass is 10.2. The first-order valence-corrected chi connectivity index (χ1v) is 5.74. The predicted octanol–water partition coefficient (Wildman–Crippen LogP) is 2.33. The zero-order valence-corrected chi connectivity index (χ0v) is 10.6. The molecule has 1 aromatic carbocycles. The standard InChI is InChI=1S/C12H13ClN2O3/c1-17-11-5-9(13)4-8(12(11)16)6-14-7-10-2-3-15-18-10/h2-5,14,16H,6-7H2,1H3. The highest BCUT2D eigenvalue weighted by Crippen LogP contribution is 2.33. The average Bonchev–Trinajstić information content (AvgIpc) is 2.86. The maximum absolute atomic E-state index is 9.91. The van der Waals surface area contributed by atoms with Crippen LogP contribution in [-0.2, 0) is 13.1 Å². The van der Waals surface area contributed by atoms with E-state index < -0.39 is 0 Å². The van der Waals surface area contributed by atoms with Gasteiger partial charge in [-0.05, 0) is 6.07 Å². The van der Waals surface area contributed by atoms with Crippen molar-refractivity contribution in [3.63, 3.8) is 0 Å². The van der Waals surface area contributed by atoms with Gasteiger partial charge in [0.05, 0.1) is 19.9 Å². The highest BCUT2D eigenvalue weighted by Gasteiger charge is 2.09. The molecule has 0 saturated carbocycles. The molecule has 0 fully saturated rings. The van der Waals surface area contributed by atoms with Crippen molar-refractivity contribution in [2.45, 2.75) is 13.1 Å². The van der Waals surface area contributed by atoms with Gasteiger partial charge < -0.3 is 19.7 Å². The van der Waals surface area contributed by atoms with Crippen LogP contribution >= 0.6 is 11.6 Å². The van der Waals surface area contributed by atoms with Gasteiger partial charge in [0.25, 0.3) is 0 Å². The Morgan fingerprint density at radius 1 is 1.44 bits per heavy atom.